The van der Waals surface area contributed by atoms with Gasteiger partial charge in [0.05, 0.1) is 5.69 Å². The molecular formula is C14H13NO. The Morgan fingerprint density at radius 1 is 0.875 bits per heavy atom. The first-order chi connectivity index (χ1) is 7.81. The summed E-state index contributed by atoms with van der Waals surface area (Å²) in [5.74, 6) is 0. The van der Waals surface area contributed by atoms with Crippen molar-refractivity contribution in [2.24, 2.45) is 0 Å². The Kier molecular flexibility index (Phi) is 1.98. The van der Waals surface area contributed by atoms with Gasteiger partial charge in [0, 0.05) is 5.56 Å². The number of hydroxylamine groups is 1. The molecule has 80 valence electrons. The standard InChI is InChI=1S/C14H13NO/c1-14(12-8-4-2-5-9-12)15(16-14)13-10-6-3-7-11-13/h2-11H,1H3. The van der Waals surface area contributed by atoms with Gasteiger partial charge in [-0.25, -0.2) is 9.90 Å². The normalized spacial score (nSPS) is 23.2. The van der Waals surface area contributed by atoms with Crippen LogP contribution in [0.5, 0.6) is 0 Å². The minimum atomic E-state index is -0.303. The summed E-state index contributed by atoms with van der Waals surface area (Å²) in [4.78, 5) is 5.71. The van der Waals surface area contributed by atoms with Crippen LogP contribution < -0.4 is 5.06 Å². The fourth-order valence-electron chi connectivity index (χ4n) is 1.94. The van der Waals surface area contributed by atoms with Gasteiger partial charge in [0.25, 0.3) is 0 Å². The van der Waals surface area contributed by atoms with Crippen molar-refractivity contribution >= 4 is 5.69 Å². The van der Waals surface area contributed by atoms with Gasteiger partial charge in [-0.1, -0.05) is 48.5 Å². The van der Waals surface area contributed by atoms with Crippen LogP contribution in [0.15, 0.2) is 60.7 Å². The zero-order valence-corrected chi connectivity index (χ0v) is 9.13. The van der Waals surface area contributed by atoms with Gasteiger partial charge in [-0.3, -0.25) is 0 Å². The lowest BCUT2D eigenvalue weighted by Crippen LogP contribution is -2.10. The van der Waals surface area contributed by atoms with E-state index in [0.717, 1.165) is 5.69 Å². The van der Waals surface area contributed by atoms with E-state index in [4.69, 9.17) is 4.84 Å². The molecule has 1 unspecified atom stereocenters. The highest BCUT2D eigenvalue weighted by molar-refractivity contribution is 5.52. The average molecular weight is 211 g/mol. The largest absolute Gasteiger partial charge is 0.235 e. The van der Waals surface area contributed by atoms with Gasteiger partial charge < -0.3 is 0 Å². The maximum Gasteiger partial charge on any atom is 0.214 e. The van der Waals surface area contributed by atoms with Crippen molar-refractivity contribution in [3.8, 4) is 0 Å². The molecule has 2 aromatic rings. The second kappa shape index (κ2) is 3.35. The van der Waals surface area contributed by atoms with E-state index in [1.807, 2.05) is 53.6 Å². The van der Waals surface area contributed by atoms with Crippen molar-refractivity contribution in [2.45, 2.75) is 12.6 Å². The lowest BCUT2D eigenvalue weighted by molar-refractivity contribution is 0.324. The Morgan fingerprint density at radius 2 is 1.44 bits per heavy atom. The topological polar surface area (TPSA) is 15.5 Å². The van der Waals surface area contributed by atoms with Crippen LogP contribution >= 0.6 is 0 Å². The van der Waals surface area contributed by atoms with E-state index in [1.165, 1.54) is 5.56 Å². The number of para-hydroxylation sites is 1. The highest BCUT2D eigenvalue weighted by Crippen LogP contribution is 2.47. The van der Waals surface area contributed by atoms with Crippen molar-refractivity contribution in [2.75, 3.05) is 5.06 Å². The number of hydrogen-bond donors (Lipinski definition) is 0. The fraction of sp³-hybridized carbons (Fsp3) is 0.143. The third kappa shape index (κ3) is 1.39. The Balaban J connectivity index is 1.90. The Hall–Kier alpha value is -1.80. The molecule has 0 aromatic heterocycles. The van der Waals surface area contributed by atoms with E-state index in [0.29, 0.717) is 0 Å². The zero-order chi connectivity index (χ0) is 11.0. The molecule has 2 aromatic carbocycles. The molecule has 1 heterocycles. The molecule has 1 aliphatic rings. The SMILES string of the molecule is CC1(c2ccccc2)ON1c1ccccc1. The summed E-state index contributed by atoms with van der Waals surface area (Å²) < 4.78 is 0. The second-order valence-electron chi connectivity index (χ2n) is 4.07. The average Bonchev–Trinajstić information content (AvgIpc) is 3.06. The first-order valence-electron chi connectivity index (χ1n) is 5.41. The van der Waals surface area contributed by atoms with E-state index < -0.39 is 0 Å². The Bertz CT molecular complexity index is 483. The number of hydrogen-bond acceptors (Lipinski definition) is 2. The molecule has 1 saturated heterocycles. The molecule has 1 atom stereocenters. The van der Waals surface area contributed by atoms with E-state index in [-0.39, 0.29) is 5.72 Å². The summed E-state index contributed by atoms with van der Waals surface area (Å²) in [5, 5.41) is 1.93. The highest BCUT2D eigenvalue weighted by Gasteiger charge is 2.52. The number of nitrogens with zero attached hydrogens (tertiary/aromatic N) is 1. The summed E-state index contributed by atoms with van der Waals surface area (Å²) in [7, 11) is 0. The monoisotopic (exact) mass is 211 g/mol. The lowest BCUT2D eigenvalue weighted by atomic mass is 10.1. The van der Waals surface area contributed by atoms with Crippen LogP contribution in [0, 0.1) is 0 Å². The van der Waals surface area contributed by atoms with Crippen LogP contribution in [-0.2, 0) is 10.6 Å². The van der Waals surface area contributed by atoms with Gasteiger partial charge in [0.1, 0.15) is 0 Å². The highest BCUT2D eigenvalue weighted by atomic mass is 16.9. The summed E-state index contributed by atoms with van der Waals surface area (Å²) in [5.41, 5.74) is 1.97. The van der Waals surface area contributed by atoms with Crippen molar-refractivity contribution in [3.05, 3.63) is 66.2 Å². The van der Waals surface area contributed by atoms with Gasteiger partial charge in [-0.15, -0.1) is 0 Å². The second-order valence-corrected chi connectivity index (χ2v) is 4.07. The maximum atomic E-state index is 5.71. The molecule has 16 heavy (non-hydrogen) atoms. The Morgan fingerprint density at radius 3 is 2.06 bits per heavy atom. The predicted octanol–water partition coefficient (Wildman–Crippen LogP) is 3.31. The van der Waals surface area contributed by atoms with Gasteiger partial charge in [-0.05, 0) is 19.1 Å². The minimum absolute atomic E-state index is 0.303. The van der Waals surface area contributed by atoms with Gasteiger partial charge >= 0.3 is 0 Å². The van der Waals surface area contributed by atoms with Crippen molar-refractivity contribution in [1.82, 2.24) is 0 Å². The molecule has 0 radical (unpaired) electrons. The van der Waals surface area contributed by atoms with E-state index in [2.05, 4.69) is 19.1 Å². The van der Waals surface area contributed by atoms with E-state index in [1.54, 1.807) is 0 Å². The van der Waals surface area contributed by atoms with Crippen molar-refractivity contribution in [1.29, 1.82) is 0 Å². The number of rotatable bonds is 2. The number of anilines is 1. The Labute approximate surface area is 95.0 Å². The molecule has 2 heteroatoms. The summed E-state index contributed by atoms with van der Waals surface area (Å²) >= 11 is 0. The first kappa shape index (κ1) is 9.43. The minimum Gasteiger partial charge on any atom is -0.235 e. The molecule has 1 fully saturated rings. The molecule has 1 aliphatic heterocycles. The van der Waals surface area contributed by atoms with Crippen LogP contribution in [0.2, 0.25) is 0 Å². The van der Waals surface area contributed by atoms with Crippen LogP contribution in [0.1, 0.15) is 12.5 Å². The third-order valence-electron chi connectivity index (χ3n) is 2.92. The summed E-state index contributed by atoms with van der Waals surface area (Å²) in [6.45, 7) is 2.08. The van der Waals surface area contributed by atoms with Gasteiger partial charge in [0.15, 0.2) is 0 Å². The molecule has 0 bridgehead atoms. The molecule has 0 spiro atoms. The maximum absolute atomic E-state index is 5.71. The van der Waals surface area contributed by atoms with Gasteiger partial charge in [-0.2, -0.15) is 0 Å². The van der Waals surface area contributed by atoms with Crippen LogP contribution in [0.4, 0.5) is 5.69 Å². The summed E-state index contributed by atoms with van der Waals surface area (Å²) in [6, 6.07) is 20.4. The molecular weight excluding hydrogens is 198 g/mol. The summed E-state index contributed by atoms with van der Waals surface area (Å²) in [6.07, 6.45) is 0. The fourth-order valence-corrected chi connectivity index (χ4v) is 1.94. The molecule has 3 rings (SSSR count). The van der Waals surface area contributed by atoms with Crippen molar-refractivity contribution in [3.63, 3.8) is 0 Å². The quantitative estimate of drug-likeness (QED) is 0.708. The molecule has 0 N–H and O–H groups in total. The number of benzene rings is 2. The van der Waals surface area contributed by atoms with Crippen LogP contribution in [0.3, 0.4) is 0 Å². The smallest absolute Gasteiger partial charge is 0.214 e. The molecule has 0 aliphatic carbocycles. The van der Waals surface area contributed by atoms with E-state index >= 15 is 0 Å². The predicted molar refractivity (Wildman–Crippen MR) is 63.8 cm³/mol. The van der Waals surface area contributed by atoms with Crippen LogP contribution in [-0.4, -0.2) is 0 Å². The first-order valence-corrected chi connectivity index (χ1v) is 5.41. The van der Waals surface area contributed by atoms with Crippen molar-refractivity contribution < 1.29 is 4.84 Å². The van der Waals surface area contributed by atoms with E-state index in [9.17, 15) is 0 Å². The van der Waals surface area contributed by atoms with Gasteiger partial charge in [0.2, 0.25) is 5.72 Å². The zero-order valence-electron chi connectivity index (χ0n) is 9.13. The molecule has 0 saturated carbocycles. The molecule has 0 amide bonds. The third-order valence-corrected chi connectivity index (χ3v) is 2.92. The molecule has 2 nitrogen and oxygen atoms in total. The van der Waals surface area contributed by atoms with Crippen LogP contribution in [0.25, 0.3) is 0 Å². The lowest BCUT2D eigenvalue weighted by Gasteiger charge is -2.06.